The highest BCUT2D eigenvalue weighted by Gasteiger charge is 2.06. The SMILES string of the molecule is O=C(O)Cn1nnc(COc2ccc(Cl)cc2)n1. The van der Waals surface area contributed by atoms with E-state index in [9.17, 15) is 4.79 Å². The summed E-state index contributed by atoms with van der Waals surface area (Å²) < 4.78 is 5.38. The van der Waals surface area contributed by atoms with Crippen LogP contribution in [0.5, 0.6) is 5.75 Å². The summed E-state index contributed by atoms with van der Waals surface area (Å²) in [5.41, 5.74) is 0. The van der Waals surface area contributed by atoms with E-state index in [1.807, 2.05) is 0 Å². The Labute approximate surface area is 107 Å². The van der Waals surface area contributed by atoms with Crippen molar-refractivity contribution in [1.29, 1.82) is 0 Å². The lowest BCUT2D eigenvalue weighted by molar-refractivity contribution is -0.138. The third-order valence-electron chi connectivity index (χ3n) is 1.95. The Morgan fingerprint density at radius 3 is 2.78 bits per heavy atom. The van der Waals surface area contributed by atoms with Crippen LogP contribution in [-0.2, 0) is 17.9 Å². The molecular weight excluding hydrogens is 260 g/mol. The predicted octanol–water partition coefficient (Wildman–Crippen LogP) is 0.990. The molecule has 1 aromatic heterocycles. The molecule has 2 aromatic rings. The van der Waals surface area contributed by atoms with Gasteiger partial charge in [0, 0.05) is 5.02 Å². The molecule has 2 rings (SSSR count). The number of tetrazole rings is 1. The zero-order valence-corrected chi connectivity index (χ0v) is 9.91. The second kappa shape index (κ2) is 5.46. The van der Waals surface area contributed by atoms with E-state index in [2.05, 4.69) is 15.4 Å². The van der Waals surface area contributed by atoms with Crippen molar-refractivity contribution in [2.45, 2.75) is 13.2 Å². The Balaban J connectivity index is 1.92. The maximum Gasteiger partial charge on any atom is 0.327 e. The van der Waals surface area contributed by atoms with Crippen molar-refractivity contribution in [2.75, 3.05) is 0 Å². The molecule has 1 aromatic carbocycles. The van der Waals surface area contributed by atoms with Gasteiger partial charge < -0.3 is 9.84 Å². The van der Waals surface area contributed by atoms with E-state index >= 15 is 0 Å². The minimum Gasteiger partial charge on any atom is -0.485 e. The monoisotopic (exact) mass is 268 g/mol. The maximum absolute atomic E-state index is 10.4. The summed E-state index contributed by atoms with van der Waals surface area (Å²) in [7, 11) is 0. The van der Waals surface area contributed by atoms with E-state index in [4.69, 9.17) is 21.4 Å². The van der Waals surface area contributed by atoms with E-state index in [1.54, 1.807) is 24.3 Å². The number of halogens is 1. The van der Waals surface area contributed by atoms with Gasteiger partial charge in [0.25, 0.3) is 0 Å². The number of hydrogen-bond acceptors (Lipinski definition) is 5. The van der Waals surface area contributed by atoms with Crippen molar-refractivity contribution in [2.24, 2.45) is 0 Å². The maximum atomic E-state index is 10.4. The zero-order chi connectivity index (χ0) is 13.0. The van der Waals surface area contributed by atoms with E-state index < -0.39 is 5.97 Å². The Morgan fingerprint density at radius 2 is 2.11 bits per heavy atom. The summed E-state index contributed by atoms with van der Waals surface area (Å²) in [5.74, 6) is -0.0993. The summed E-state index contributed by atoms with van der Waals surface area (Å²) >= 11 is 5.73. The molecule has 0 unspecified atom stereocenters. The van der Waals surface area contributed by atoms with E-state index in [1.165, 1.54) is 0 Å². The van der Waals surface area contributed by atoms with Crippen molar-refractivity contribution < 1.29 is 14.6 Å². The average Bonchev–Trinajstić information content (AvgIpc) is 2.75. The molecule has 0 atom stereocenters. The number of aromatic nitrogens is 4. The van der Waals surface area contributed by atoms with Gasteiger partial charge in [-0.1, -0.05) is 11.6 Å². The van der Waals surface area contributed by atoms with Crippen LogP contribution in [0.4, 0.5) is 0 Å². The molecule has 0 saturated heterocycles. The quantitative estimate of drug-likeness (QED) is 0.870. The highest BCUT2D eigenvalue weighted by Crippen LogP contribution is 2.16. The fraction of sp³-hybridized carbons (Fsp3) is 0.200. The van der Waals surface area contributed by atoms with Crippen molar-refractivity contribution in [3.05, 3.63) is 35.1 Å². The fourth-order valence-corrected chi connectivity index (χ4v) is 1.33. The van der Waals surface area contributed by atoms with E-state index in [0.29, 0.717) is 16.6 Å². The van der Waals surface area contributed by atoms with Crippen LogP contribution in [0.3, 0.4) is 0 Å². The Kier molecular flexibility index (Phi) is 3.73. The highest BCUT2D eigenvalue weighted by atomic mass is 35.5. The van der Waals surface area contributed by atoms with Gasteiger partial charge >= 0.3 is 5.97 Å². The molecule has 94 valence electrons. The first kappa shape index (κ1) is 12.3. The molecule has 8 heteroatoms. The molecule has 1 N–H and O–H groups in total. The lowest BCUT2D eigenvalue weighted by atomic mass is 10.3. The fourth-order valence-electron chi connectivity index (χ4n) is 1.20. The lowest BCUT2D eigenvalue weighted by Crippen LogP contribution is -2.12. The molecule has 0 aliphatic rings. The van der Waals surface area contributed by atoms with Crippen LogP contribution in [0, 0.1) is 0 Å². The second-order valence-electron chi connectivity index (χ2n) is 3.37. The van der Waals surface area contributed by atoms with Crippen LogP contribution >= 0.6 is 11.6 Å². The summed E-state index contributed by atoms with van der Waals surface area (Å²) in [6.45, 7) is -0.213. The first-order chi connectivity index (χ1) is 8.63. The number of carboxylic acids is 1. The minimum absolute atomic E-state index is 0.112. The van der Waals surface area contributed by atoms with Gasteiger partial charge in [0.05, 0.1) is 0 Å². The van der Waals surface area contributed by atoms with Crippen molar-refractivity contribution in [3.63, 3.8) is 0 Å². The van der Waals surface area contributed by atoms with Crippen LogP contribution in [0.1, 0.15) is 5.82 Å². The van der Waals surface area contributed by atoms with Gasteiger partial charge in [-0.15, -0.1) is 10.2 Å². The molecule has 0 spiro atoms. The molecule has 0 aliphatic carbocycles. The summed E-state index contributed by atoms with van der Waals surface area (Å²) in [4.78, 5) is 11.4. The number of hydrogen-bond donors (Lipinski definition) is 1. The Morgan fingerprint density at radius 1 is 1.39 bits per heavy atom. The average molecular weight is 269 g/mol. The number of ether oxygens (including phenoxy) is 1. The first-order valence-electron chi connectivity index (χ1n) is 5.00. The molecule has 0 bridgehead atoms. The summed E-state index contributed by atoms with van der Waals surface area (Å²) in [6.07, 6.45) is 0. The summed E-state index contributed by atoms with van der Waals surface area (Å²) in [5, 5.41) is 20.2. The number of rotatable bonds is 5. The first-order valence-corrected chi connectivity index (χ1v) is 5.38. The van der Waals surface area contributed by atoms with Gasteiger partial charge in [-0.25, -0.2) is 0 Å². The number of carbonyl (C=O) groups is 1. The Hall–Kier alpha value is -2.15. The van der Waals surface area contributed by atoms with E-state index in [0.717, 1.165) is 4.80 Å². The molecule has 1 heterocycles. The molecule has 18 heavy (non-hydrogen) atoms. The molecule has 0 saturated carbocycles. The molecule has 7 nitrogen and oxygen atoms in total. The van der Waals surface area contributed by atoms with Crippen molar-refractivity contribution >= 4 is 17.6 Å². The molecule has 0 aliphatic heterocycles. The van der Waals surface area contributed by atoms with Crippen molar-refractivity contribution in [3.8, 4) is 5.75 Å². The van der Waals surface area contributed by atoms with Gasteiger partial charge in [-0.3, -0.25) is 4.79 Å². The highest BCUT2D eigenvalue weighted by molar-refractivity contribution is 6.30. The largest absolute Gasteiger partial charge is 0.485 e. The number of aliphatic carboxylic acids is 1. The van der Waals surface area contributed by atoms with Crippen LogP contribution in [-0.4, -0.2) is 31.3 Å². The normalized spacial score (nSPS) is 10.3. The number of carboxylic acid groups (broad SMARTS) is 1. The summed E-state index contributed by atoms with van der Waals surface area (Å²) in [6, 6.07) is 6.82. The third-order valence-corrected chi connectivity index (χ3v) is 2.20. The van der Waals surface area contributed by atoms with E-state index in [-0.39, 0.29) is 13.2 Å². The topological polar surface area (TPSA) is 90.1 Å². The second-order valence-corrected chi connectivity index (χ2v) is 3.81. The van der Waals surface area contributed by atoms with Gasteiger partial charge in [0.2, 0.25) is 5.82 Å². The van der Waals surface area contributed by atoms with Crippen molar-refractivity contribution in [1.82, 2.24) is 20.2 Å². The van der Waals surface area contributed by atoms with Gasteiger partial charge in [0.15, 0.2) is 13.2 Å². The van der Waals surface area contributed by atoms with Gasteiger partial charge in [0.1, 0.15) is 5.75 Å². The molecular formula is C10H9ClN4O3. The predicted molar refractivity (Wildman–Crippen MR) is 61.2 cm³/mol. The molecule has 0 radical (unpaired) electrons. The van der Waals surface area contributed by atoms with Gasteiger partial charge in [-0.05, 0) is 29.5 Å². The molecule has 0 fully saturated rings. The minimum atomic E-state index is -1.03. The van der Waals surface area contributed by atoms with Crippen LogP contribution < -0.4 is 4.74 Å². The van der Waals surface area contributed by atoms with Crippen LogP contribution in [0.25, 0.3) is 0 Å². The Bertz CT molecular complexity index is 540. The smallest absolute Gasteiger partial charge is 0.327 e. The number of nitrogens with zero attached hydrogens (tertiary/aromatic N) is 4. The van der Waals surface area contributed by atoms with Gasteiger partial charge in [-0.2, -0.15) is 4.80 Å². The lowest BCUT2D eigenvalue weighted by Gasteiger charge is -2.02. The zero-order valence-electron chi connectivity index (χ0n) is 9.15. The standard InChI is InChI=1S/C10H9ClN4O3/c11-7-1-3-8(4-2-7)18-6-9-12-14-15(13-9)5-10(16)17/h1-4H,5-6H2,(H,16,17). The van der Waals surface area contributed by atoms with Crippen LogP contribution in [0.15, 0.2) is 24.3 Å². The van der Waals surface area contributed by atoms with Crippen LogP contribution in [0.2, 0.25) is 5.02 Å². The third kappa shape index (κ3) is 3.42. The molecule has 0 amide bonds. The number of benzene rings is 1.